The minimum atomic E-state index is -2.80. The van der Waals surface area contributed by atoms with Gasteiger partial charge in [-0.05, 0) is 6.07 Å². The number of rotatable bonds is 2. The van der Waals surface area contributed by atoms with Crippen LogP contribution in [0.3, 0.4) is 0 Å². The Hall–Kier alpha value is -1.23. The summed E-state index contributed by atoms with van der Waals surface area (Å²) in [5.74, 6) is 0. The van der Waals surface area contributed by atoms with E-state index in [1.54, 1.807) is 0 Å². The molecule has 1 aromatic heterocycles. The van der Waals surface area contributed by atoms with E-state index >= 15 is 0 Å². The highest BCUT2D eigenvalue weighted by Gasteiger charge is 2.08. The normalized spacial score (nSPS) is 10.7. The summed E-state index contributed by atoms with van der Waals surface area (Å²) >= 11 is 0. The molecule has 3 nitrogen and oxygen atoms in total. The summed E-state index contributed by atoms with van der Waals surface area (Å²) in [6, 6.07) is 2.80. The minimum Gasteiger partial charge on any atom is -0.326 e. The van der Waals surface area contributed by atoms with Crippen LogP contribution < -0.4 is 11.3 Å². The second-order valence-corrected chi connectivity index (χ2v) is 2.23. The highest BCUT2D eigenvalue weighted by atomic mass is 19.3. The van der Waals surface area contributed by atoms with Crippen molar-refractivity contribution in [3.05, 3.63) is 34.2 Å². The van der Waals surface area contributed by atoms with Crippen LogP contribution in [0.5, 0.6) is 0 Å². The maximum absolute atomic E-state index is 12.1. The van der Waals surface area contributed by atoms with Crippen molar-refractivity contribution in [1.29, 1.82) is 0 Å². The Morgan fingerprint density at radius 1 is 1.58 bits per heavy atom. The largest absolute Gasteiger partial charge is 0.326 e. The van der Waals surface area contributed by atoms with Crippen molar-refractivity contribution in [3.8, 4) is 0 Å². The van der Waals surface area contributed by atoms with E-state index in [0.29, 0.717) is 4.57 Å². The van der Waals surface area contributed by atoms with E-state index in [2.05, 4.69) is 0 Å². The molecular weight excluding hydrogens is 166 g/mol. The van der Waals surface area contributed by atoms with Crippen LogP contribution in [0.15, 0.2) is 23.1 Å². The second kappa shape index (κ2) is 3.44. The Kier molecular flexibility index (Phi) is 2.54. The molecule has 5 heteroatoms. The molecule has 0 fully saturated rings. The molecule has 0 radical (unpaired) electrons. The van der Waals surface area contributed by atoms with Crippen molar-refractivity contribution in [2.45, 2.75) is 13.1 Å². The summed E-state index contributed by atoms with van der Waals surface area (Å²) in [7, 11) is 0. The summed E-state index contributed by atoms with van der Waals surface area (Å²) in [5.41, 5.74) is 4.63. The first kappa shape index (κ1) is 8.86. The van der Waals surface area contributed by atoms with Crippen LogP contribution in [0.4, 0.5) is 8.78 Å². The monoisotopic (exact) mass is 174 g/mol. The zero-order valence-corrected chi connectivity index (χ0v) is 6.21. The number of nitrogens with zero attached hydrogens (tertiary/aromatic N) is 1. The fourth-order valence-corrected chi connectivity index (χ4v) is 0.866. The molecule has 0 unspecified atom stereocenters. The number of alkyl halides is 2. The van der Waals surface area contributed by atoms with E-state index in [9.17, 15) is 13.6 Å². The van der Waals surface area contributed by atoms with Crippen LogP contribution in [-0.4, -0.2) is 4.57 Å². The van der Waals surface area contributed by atoms with Crippen molar-refractivity contribution in [3.63, 3.8) is 0 Å². The van der Waals surface area contributed by atoms with Crippen LogP contribution in [0.1, 0.15) is 12.1 Å². The first-order chi connectivity index (χ1) is 5.66. The summed E-state index contributed by atoms with van der Waals surface area (Å²) < 4.78 is 24.5. The molecule has 0 aliphatic rings. The highest BCUT2D eigenvalue weighted by molar-refractivity contribution is 5.09. The predicted molar refractivity (Wildman–Crippen MR) is 39.8 cm³/mol. The number of aromatic nitrogens is 1. The Balaban J connectivity index is 3.24. The van der Waals surface area contributed by atoms with Gasteiger partial charge in [-0.1, -0.05) is 6.07 Å². The van der Waals surface area contributed by atoms with Crippen molar-refractivity contribution >= 4 is 0 Å². The van der Waals surface area contributed by atoms with Crippen molar-refractivity contribution < 1.29 is 8.78 Å². The van der Waals surface area contributed by atoms with E-state index in [0.717, 1.165) is 6.20 Å². The lowest BCUT2D eigenvalue weighted by Crippen LogP contribution is -2.24. The minimum absolute atomic E-state index is 0.0214. The molecule has 1 heterocycles. The molecule has 66 valence electrons. The Morgan fingerprint density at radius 2 is 2.25 bits per heavy atom. The first-order valence-corrected chi connectivity index (χ1v) is 3.35. The van der Waals surface area contributed by atoms with Gasteiger partial charge < -0.3 is 5.73 Å². The predicted octanol–water partition coefficient (Wildman–Crippen LogP) is 0.702. The Morgan fingerprint density at radius 3 is 2.75 bits per heavy atom. The van der Waals surface area contributed by atoms with Gasteiger partial charge in [-0.15, -0.1) is 0 Å². The molecule has 12 heavy (non-hydrogen) atoms. The molecule has 0 aromatic carbocycles. The lowest BCUT2D eigenvalue weighted by atomic mass is 10.3. The van der Waals surface area contributed by atoms with Crippen LogP contribution in [0.25, 0.3) is 0 Å². The van der Waals surface area contributed by atoms with Crippen molar-refractivity contribution in [2.24, 2.45) is 5.73 Å². The number of hydrogen-bond donors (Lipinski definition) is 1. The molecule has 1 aromatic rings. The molecule has 2 N–H and O–H groups in total. The standard InChI is InChI=1S/C7H8F2N2O/c8-7(9)11-3-1-2-5(4-10)6(11)12/h1-3,7H,4,10H2. The third-order valence-electron chi connectivity index (χ3n) is 1.48. The van der Waals surface area contributed by atoms with Gasteiger partial charge in [-0.2, -0.15) is 8.78 Å². The summed E-state index contributed by atoms with van der Waals surface area (Å²) in [6.45, 7) is -2.82. The molecule has 0 amide bonds. The summed E-state index contributed by atoms with van der Waals surface area (Å²) in [6.07, 6.45) is 1.03. The fraction of sp³-hybridized carbons (Fsp3) is 0.286. The maximum atomic E-state index is 12.1. The first-order valence-electron chi connectivity index (χ1n) is 3.35. The van der Waals surface area contributed by atoms with E-state index in [4.69, 9.17) is 5.73 Å². The number of hydrogen-bond acceptors (Lipinski definition) is 2. The molecule has 0 aliphatic heterocycles. The summed E-state index contributed by atoms with van der Waals surface area (Å²) in [4.78, 5) is 11.0. The van der Waals surface area contributed by atoms with Crippen LogP contribution in [-0.2, 0) is 6.54 Å². The Bertz CT molecular complexity index is 321. The molecule has 0 spiro atoms. The van der Waals surface area contributed by atoms with Crippen molar-refractivity contribution in [1.82, 2.24) is 4.57 Å². The van der Waals surface area contributed by atoms with Gasteiger partial charge in [0.05, 0.1) is 0 Å². The third kappa shape index (κ3) is 1.50. The zero-order valence-electron chi connectivity index (χ0n) is 6.21. The van der Waals surface area contributed by atoms with Gasteiger partial charge in [-0.3, -0.25) is 9.36 Å². The average molecular weight is 174 g/mol. The number of halogens is 2. The Labute approximate surface area is 67.4 Å². The maximum Gasteiger partial charge on any atom is 0.321 e. The lowest BCUT2D eigenvalue weighted by Gasteiger charge is -2.04. The van der Waals surface area contributed by atoms with Crippen LogP contribution in [0, 0.1) is 0 Å². The van der Waals surface area contributed by atoms with Gasteiger partial charge >= 0.3 is 6.55 Å². The van der Waals surface area contributed by atoms with Gasteiger partial charge in [-0.25, -0.2) is 0 Å². The van der Waals surface area contributed by atoms with Crippen LogP contribution in [0.2, 0.25) is 0 Å². The average Bonchev–Trinajstić information content (AvgIpc) is 2.04. The summed E-state index contributed by atoms with van der Waals surface area (Å²) in [5, 5.41) is 0. The number of nitrogens with two attached hydrogens (primary N) is 1. The van der Waals surface area contributed by atoms with Gasteiger partial charge in [0.1, 0.15) is 0 Å². The quantitative estimate of drug-likeness (QED) is 0.717. The van der Waals surface area contributed by atoms with Gasteiger partial charge in [0.25, 0.3) is 5.56 Å². The lowest BCUT2D eigenvalue weighted by molar-refractivity contribution is 0.0660. The van der Waals surface area contributed by atoms with Gasteiger partial charge in [0.15, 0.2) is 0 Å². The second-order valence-electron chi connectivity index (χ2n) is 2.23. The number of pyridine rings is 1. The van der Waals surface area contributed by atoms with E-state index in [-0.39, 0.29) is 12.1 Å². The SMILES string of the molecule is NCc1cccn(C(F)F)c1=O. The van der Waals surface area contributed by atoms with Gasteiger partial charge in [0.2, 0.25) is 0 Å². The van der Waals surface area contributed by atoms with Crippen molar-refractivity contribution in [2.75, 3.05) is 0 Å². The highest BCUT2D eigenvalue weighted by Crippen LogP contribution is 2.05. The topological polar surface area (TPSA) is 48.0 Å². The molecule has 0 saturated carbocycles. The van der Waals surface area contributed by atoms with E-state index in [1.165, 1.54) is 12.1 Å². The van der Waals surface area contributed by atoms with E-state index < -0.39 is 12.1 Å². The smallest absolute Gasteiger partial charge is 0.321 e. The zero-order chi connectivity index (χ0) is 9.14. The third-order valence-corrected chi connectivity index (χ3v) is 1.48. The molecule has 0 atom stereocenters. The molecule has 0 bridgehead atoms. The molecule has 0 aliphatic carbocycles. The van der Waals surface area contributed by atoms with Gasteiger partial charge in [0, 0.05) is 18.3 Å². The fourth-order valence-electron chi connectivity index (χ4n) is 0.866. The van der Waals surface area contributed by atoms with E-state index in [1.807, 2.05) is 0 Å². The molecule has 1 rings (SSSR count). The molecule has 0 saturated heterocycles. The molecular formula is C7H8F2N2O. The van der Waals surface area contributed by atoms with Crippen LogP contribution >= 0.6 is 0 Å².